The highest BCUT2D eigenvalue weighted by molar-refractivity contribution is 5.56. The summed E-state index contributed by atoms with van der Waals surface area (Å²) in [6, 6.07) is 0.253. The second-order valence-corrected chi connectivity index (χ2v) is 6.24. The van der Waals surface area contributed by atoms with Gasteiger partial charge in [0.05, 0.1) is 6.04 Å². The Morgan fingerprint density at radius 1 is 1.19 bits per heavy atom. The molecule has 1 aliphatic rings. The molecule has 0 atom stereocenters. The molecule has 92 valence electrons. The third-order valence-electron chi connectivity index (χ3n) is 3.09. The van der Waals surface area contributed by atoms with Gasteiger partial charge in [-0.2, -0.15) is 5.06 Å². The Morgan fingerprint density at radius 3 is 2.00 bits per heavy atom. The molecule has 16 heavy (non-hydrogen) atoms. The molecule has 0 aliphatic carbocycles. The van der Waals surface area contributed by atoms with Crippen molar-refractivity contribution in [2.24, 2.45) is 4.99 Å². The van der Waals surface area contributed by atoms with E-state index in [1.807, 2.05) is 13.8 Å². The van der Waals surface area contributed by atoms with Gasteiger partial charge in [0.1, 0.15) is 0 Å². The molecule has 1 heterocycles. The molecule has 1 aliphatic heterocycles. The van der Waals surface area contributed by atoms with E-state index in [0.717, 1.165) is 18.4 Å². The molecule has 3 nitrogen and oxygen atoms in total. The Kier molecular flexibility index (Phi) is 3.63. The van der Waals surface area contributed by atoms with Gasteiger partial charge in [-0.05, 0) is 65.8 Å². The number of allylic oxidation sites excluding steroid dienone is 1. The standard InChI is InChI=1S/C13H24N2O/c1-10(2)9-14-11-7-12(3,4)15(16)13(5,6)8-11/h11,16H,7-8H2,1-6H3. The van der Waals surface area contributed by atoms with E-state index in [1.165, 1.54) is 5.06 Å². The molecule has 0 amide bonds. The zero-order valence-corrected chi connectivity index (χ0v) is 11.3. The Bertz CT molecular complexity index is 303. The third-order valence-corrected chi connectivity index (χ3v) is 3.09. The van der Waals surface area contributed by atoms with Crippen molar-refractivity contribution in [2.75, 3.05) is 0 Å². The maximum absolute atomic E-state index is 10.1. The number of hydrogen-bond acceptors (Lipinski definition) is 3. The lowest BCUT2D eigenvalue weighted by molar-refractivity contribution is -0.244. The van der Waals surface area contributed by atoms with E-state index in [0.29, 0.717) is 0 Å². The molecule has 0 unspecified atom stereocenters. The monoisotopic (exact) mass is 224 g/mol. The van der Waals surface area contributed by atoms with Crippen molar-refractivity contribution in [1.29, 1.82) is 0 Å². The zero-order valence-electron chi connectivity index (χ0n) is 11.3. The van der Waals surface area contributed by atoms with Crippen LogP contribution in [0.4, 0.5) is 0 Å². The first-order chi connectivity index (χ1) is 7.15. The van der Waals surface area contributed by atoms with Crippen LogP contribution < -0.4 is 0 Å². The van der Waals surface area contributed by atoms with Crippen LogP contribution in [-0.4, -0.2) is 33.3 Å². The first-order valence-corrected chi connectivity index (χ1v) is 5.90. The quantitative estimate of drug-likeness (QED) is 0.695. The van der Waals surface area contributed by atoms with Crippen LogP contribution in [0.15, 0.2) is 10.6 Å². The number of hydroxylamine groups is 2. The lowest BCUT2D eigenvalue weighted by Gasteiger charge is -2.50. The van der Waals surface area contributed by atoms with E-state index in [-0.39, 0.29) is 17.1 Å². The molecular weight excluding hydrogens is 200 g/mol. The second-order valence-electron chi connectivity index (χ2n) is 6.24. The van der Waals surface area contributed by atoms with Crippen LogP contribution in [0.5, 0.6) is 0 Å². The normalized spacial score (nSPS) is 24.9. The van der Waals surface area contributed by atoms with Gasteiger partial charge in [-0.25, -0.2) is 4.99 Å². The molecule has 0 saturated carbocycles. The highest BCUT2D eigenvalue weighted by Crippen LogP contribution is 2.37. The smallest absolute Gasteiger partial charge is 0.0630 e. The molecule has 0 bridgehead atoms. The molecule has 0 spiro atoms. The largest absolute Gasteiger partial charge is 0.313 e. The molecular formula is C13H24N2O. The molecule has 0 aromatic carbocycles. The van der Waals surface area contributed by atoms with Crippen molar-refractivity contribution < 1.29 is 5.21 Å². The van der Waals surface area contributed by atoms with Gasteiger partial charge >= 0.3 is 0 Å². The summed E-state index contributed by atoms with van der Waals surface area (Å²) < 4.78 is 0. The van der Waals surface area contributed by atoms with Crippen molar-refractivity contribution >= 4 is 5.87 Å². The van der Waals surface area contributed by atoms with Gasteiger partial charge in [-0.1, -0.05) is 0 Å². The molecule has 1 N–H and O–H groups in total. The van der Waals surface area contributed by atoms with Crippen molar-refractivity contribution in [2.45, 2.75) is 71.5 Å². The lowest BCUT2D eigenvalue weighted by Crippen LogP contribution is -2.59. The van der Waals surface area contributed by atoms with E-state index in [1.54, 1.807) is 0 Å². The topological polar surface area (TPSA) is 35.8 Å². The van der Waals surface area contributed by atoms with Gasteiger partial charge in [0.2, 0.25) is 0 Å². The molecule has 0 aromatic heterocycles. The first kappa shape index (κ1) is 13.4. The molecule has 1 rings (SSSR count). The average Bonchev–Trinajstić information content (AvgIpc) is 2.10. The third kappa shape index (κ3) is 2.94. The molecule has 0 radical (unpaired) electrons. The number of nitrogens with zero attached hydrogens (tertiary/aromatic N) is 2. The van der Waals surface area contributed by atoms with Crippen LogP contribution in [0.3, 0.4) is 0 Å². The van der Waals surface area contributed by atoms with E-state index in [4.69, 9.17) is 0 Å². The van der Waals surface area contributed by atoms with E-state index < -0.39 is 0 Å². The van der Waals surface area contributed by atoms with Gasteiger partial charge in [0.15, 0.2) is 0 Å². The molecule has 1 fully saturated rings. The predicted molar refractivity (Wildman–Crippen MR) is 67.1 cm³/mol. The van der Waals surface area contributed by atoms with Gasteiger partial charge in [-0.3, -0.25) is 0 Å². The Morgan fingerprint density at radius 2 is 1.62 bits per heavy atom. The second kappa shape index (κ2) is 4.33. The van der Waals surface area contributed by atoms with Crippen molar-refractivity contribution in [3.8, 4) is 0 Å². The SMILES string of the molecule is CC(C)=C=NC1CC(C)(C)N(O)C(C)(C)C1. The van der Waals surface area contributed by atoms with E-state index in [2.05, 4.69) is 38.6 Å². The summed E-state index contributed by atoms with van der Waals surface area (Å²) in [5.41, 5.74) is 0.653. The maximum atomic E-state index is 10.1. The van der Waals surface area contributed by atoms with Crippen LogP contribution in [0.2, 0.25) is 0 Å². The lowest BCUT2D eigenvalue weighted by atomic mass is 9.79. The van der Waals surface area contributed by atoms with Crippen LogP contribution in [0, 0.1) is 0 Å². The Labute approximate surface area is 98.8 Å². The van der Waals surface area contributed by atoms with E-state index >= 15 is 0 Å². The number of aliphatic imine (C=N–C) groups is 1. The summed E-state index contributed by atoms with van der Waals surface area (Å²) in [7, 11) is 0. The minimum absolute atomic E-state index is 0.223. The van der Waals surface area contributed by atoms with Crippen molar-refractivity contribution in [1.82, 2.24) is 5.06 Å². The molecule has 1 saturated heterocycles. The summed E-state index contributed by atoms with van der Waals surface area (Å²) in [6.45, 7) is 12.2. The minimum atomic E-state index is -0.223. The number of piperidine rings is 1. The molecule has 3 heteroatoms. The zero-order chi connectivity index (χ0) is 12.6. The van der Waals surface area contributed by atoms with Crippen LogP contribution in [0.1, 0.15) is 54.4 Å². The van der Waals surface area contributed by atoms with Crippen LogP contribution in [-0.2, 0) is 0 Å². The highest BCUT2D eigenvalue weighted by Gasteiger charge is 2.44. The summed E-state index contributed by atoms with van der Waals surface area (Å²) in [5, 5.41) is 11.6. The summed E-state index contributed by atoms with van der Waals surface area (Å²) in [6.07, 6.45) is 1.74. The number of hydrogen-bond donors (Lipinski definition) is 1. The van der Waals surface area contributed by atoms with E-state index in [9.17, 15) is 5.21 Å². The summed E-state index contributed by atoms with van der Waals surface area (Å²) in [5.74, 6) is 3.05. The fourth-order valence-corrected chi connectivity index (χ4v) is 2.53. The molecule has 0 aromatic rings. The van der Waals surface area contributed by atoms with Gasteiger partial charge < -0.3 is 5.21 Å². The minimum Gasteiger partial charge on any atom is -0.313 e. The average molecular weight is 224 g/mol. The van der Waals surface area contributed by atoms with Crippen molar-refractivity contribution in [3.05, 3.63) is 5.57 Å². The Hall–Kier alpha value is -0.630. The summed E-state index contributed by atoms with van der Waals surface area (Å²) >= 11 is 0. The fraction of sp³-hybridized carbons (Fsp3) is 0.846. The van der Waals surface area contributed by atoms with Crippen LogP contribution in [0.25, 0.3) is 0 Å². The number of rotatable bonds is 1. The van der Waals surface area contributed by atoms with Gasteiger partial charge in [-0.15, -0.1) is 0 Å². The van der Waals surface area contributed by atoms with Crippen LogP contribution >= 0.6 is 0 Å². The first-order valence-electron chi connectivity index (χ1n) is 5.90. The maximum Gasteiger partial charge on any atom is 0.0630 e. The van der Waals surface area contributed by atoms with Gasteiger partial charge in [0.25, 0.3) is 0 Å². The highest BCUT2D eigenvalue weighted by atomic mass is 16.5. The Balaban J connectivity index is 2.91. The van der Waals surface area contributed by atoms with Gasteiger partial charge in [0, 0.05) is 11.1 Å². The summed E-state index contributed by atoms with van der Waals surface area (Å²) in [4.78, 5) is 4.48. The predicted octanol–water partition coefficient (Wildman–Crippen LogP) is 3.03. The van der Waals surface area contributed by atoms with Crippen molar-refractivity contribution in [3.63, 3.8) is 0 Å². The fourth-order valence-electron chi connectivity index (χ4n) is 2.53.